The number of ether oxygens (including phenoxy) is 1. The van der Waals surface area contributed by atoms with E-state index in [2.05, 4.69) is 10.0 Å². The summed E-state index contributed by atoms with van der Waals surface area (Å²) in [6, 6.07) is 10.8. The Morgan fingerprint density at radius 2 is 1.72 bits per heavy atom. The number of esters is 1. The van der Waals surface area contributed by atoms with Gasteiger partial charge >= 0.3 is 5.97 Å². The summed E-state index contributed by atoms with van der Waals surface area (Å²) in [7, 11) is -3.65. The van der Waals surface area contributed by atoms with Crippen molar-refractivity contribution in [3.63, 3.8) is 0 Å². The van der Waals surface area contributed by atoms with Gasteiger partial charge in [-0.25, -0.2) is 17.9 Å². The van der Waals surface area contributed by atoms with Crippen LogP contribution in [0.25, 0.3) is 0 Å². The third kappa shape index (κ3) is 6.40. The summed E-state index contributed by atoms with van der Waals surface area (Å²) in [4.78, 5) is 24.3. The van der Waals surface area contributed by atoms with Crippen molar-refractivity contribution < 1.29 is 22.7 Å². The topological polar surface area (TPSA) is 102 Å². The van der Waals surface area contributed by atoms with E-state index in [1.54, 1.807) is 6.92 Å². The second-order valence-electron chi connectivity index (χ2n) is 6.90. The van der Waals surface area contributed by atoms with Crippen LogP contribution in [-0.4, -0.2) is 32.9 Å². The molecule has 1 atom stereocenters. The fourth-order valence-corrected chi connectivity index (χ4v) is 3.78. The highest BCUT2D eigenvalue weighted by molar-refractivity contribution is 7.89. The number of aryl methyl sites for hydroxylation is 2. The summed E-state index contributed by atoms with van der Waals surface area (Å²) in [5.74, 6) is -1.16. The molecule has 0 unspecified atom stereocenters. The Hall–Kier alpha value is -2.71. The first-order valence-electron chi connectivity index (χ1n) is 9.29. The van der Waals surface area contributed by atoms with Crippen molar-refractivity contribution in [1.29, 1.82) is 0 Å². The van der Waals surface area contributed by atoms with Crippen molar-refractivity contribution in [1.82, 2.24) is 4.72 Å². The number of amides is 1. The maximum atomic E-state index is 12.2. The normalized spacial score (nSPS) is 12.3. The van der Waals surface area contributed by atoms with Crippen molar-refractivity contribution >= 4 is 27.6 Å². The summed E-state index contributed by atoms with van der Waals surface area (Å²) in [6.07, 6.45) is 0.660. The van der Waals surface area contributed by atoms with E-state index in [4.69, 9.17) is 4.74 Å². The fraction of sp³-hybridized carbons (Fsp3) is 0.333. The van der Waals surface area contributed by atoms with Gasteiger partial charge in [-0.3, -0.25) is 4.79 Å². The Bertz CT molecular complexity index is 985. The van der Waals surface area contributed by atoms with Gasteiger partial charge in [0.05, 0.1) is 10.5 Å². The molecule has 0 saturated carbocycles. The molecule has 0 spiro atoms. The molecule has 0 aliphatic carbocycles. The maximum Gasteiger partial charge on any atom is 0.338 e. The zero-order valence-electron chi connectivity index (χ0n) is 17.0. The van der Waals surface area contributed by atoms with Crippen molar-refractivity contribution in [2.24, 2.45) is 0 Å². The van der Waals surface area contributed by atoms with E-state index in [9.17, 15) is 18.0 Å². The Labute approximate surface area is 171 Å². The van der Waals surface area contributed by atoms with Crippen LogP contribution >= 0.6 is 0 Å². The second-order valence-corrected chi connectivity index (χ2v) is 8.61. The molecule has 1 amide bonds. The Balaban J connectivity index is 1.95. The third-order valence-corrected chi connectivity index (χ3v) is 5.98. The van der Waals surface area contributed by atoms with Gasteiger partial charge in [0.15, 0.2) is 6.61 Å². The standard InChI is InChI=1S/C21H26N2O5S/c1-5-16(4)23-29(26,27)18-10-8-17(9-11-18)21(25)28-13-20(24)22-19-12-14(2)6-7-15(19)3/h6-12,16,23H,5,13H2,1-4H3,(H,22,24)/t16-/m0/s1. The molecular formula is C21H26N2O5S. The van der Waals surface area contributed by atoms with Crippen molar-refractivity contribution in [3.05, 3.63) is 59.2 Å². The van der Waals surface area contributed by atoms with Crippen LogP contribution in [0.3, 0.4) is 0 Å². The maximum absolute atomic E-state index is 12.2. The first-order chi connectivity index (χ1) is 13.6. The molecule has 8 heteroatoms. The number of benzene rings is 2. The third-order valence-electron chi connectivity index (χ3n) is 4.37. The molecule has 0 aromatic heterocycles. The minimum absolute atomic E-state index is 0.0574. The highest BCUT2D eigenvalue weighted by Crippen LogP contribution is 2.16. The van der Waals surface area contributed by atoms with E-state index in [0.717, 1.165) is 11.1 Å². The number of nitrogens with one attached hydrogen (secondary N) is 2. The van der Waals surface area contributed by atoms with Crippen LogP contribution < -0.4 is 10.0 Å². The van der Waals surface area contributed by atoms with Crippen molar-refractivity contribution in [2.45, 2.75) is 45.1 Å². The SMILES string of the molecule is CC[C@H](C)NS(=O)(=O)c1ccc(C(=O)OCC(=O)Nc2cc(C)ccc2C)cc1. The molecule has 2 rings (SSSR count). The van der Waals surface area contributed by atoms with Gasteiger partial charge in [0.25, 0.3) is 5.91 Å². The van der Waals surface area contributed by atoms with Crippen LogP contribution in [0.5, 0.6) is 0 Å². The number of hydrogen-bond donors (Lipinski definition) is 2. The lowest BCUT2D eigenvalue weighted by molar-refractivity contribution is -0.119. The van der Waals surface area contributed by atoms with Gasteiger partial charge < -0.3 is 10.1 Å². The summed E-state index contributed by atoms with van der Waals surface area (Å²) < 4.78 is 32.1. The molecule has 0 radical (unpaired) electrons. The monoisotopic (exact) mass is 418 g/mol. The van der Waals surface area contributed by atoms with Gasteiger partial charge in [0.1, 0.15) is 0 Å². The van der Waals surface area contributed by atoms with E-state index < -0.39 is 28.5 Å². The molecule has 0 saturated heterocycles. The predicted molar refractivity (Wildman–Crippen MR) is 111 cm³/mol. The van der Waals surface area contributed by atoms with E-state index in [1.165, 1.54) is 24.3 Å². The van der Waals surface area contributed by atoms with Crippen molar-refractivity contribution in [2.75, 3.05) is 11.9 Å². The largest absolute Gasteiger partial charge is 0.452 e. The van der Waals surface area contributed by atoms with Gasteiger partial charge in [-0.15, -0.1) is 0 Å². The first-order valence-corrected chi connectivity index (χ1v) is 10.8. The molecule has 0 fully saturated rings. The lowest BCUT2D eigenvalue weighted by atomic mass is 10.1. The van der Waals surface area contributed by atoms with Gasteiger partial charge in [0, 0.05) is 11.7 Å². The van der Waals surface area contributed by atoms with Crippen molar-refractivity contribution in [3.8, 4) is 0 Å². The molecule has 0 aliphatic rings. The average molecular weight is 419 g/mol. The predicted octanol–water partition coefficient (Wildman–Crippen LogP) is 3.18. The molecule has 2 aromatic rings. The van der Waals surface area contributed by atoms with E-state index >= 15 is 0 Å². The fourth-order valence-electron chi connectivity index (χ4n) is 2.46. The average Bonchev–Trinajstić information content (AvgIpc) is 2.68. The Kier molecular flexibility index (Phi) is 7.53. The quantitative estimate of drug-likeness (QED) is 0.641. The van der Waals surface area contributed by atoms with Crippen LogP contribution in [0.4, 0.5) is 5.69 Å². The zero-order chi connectivity index (χ0) is 21.6. The molecule has 7 nitrogen and oxygen atoms in total. The molecule has 0 aliphatic heterocycles. The van der Waals surface area contributed by atoms with Gasteiger partial charge in [-0.2, -0.15) is 0 Å². The minimum Gasteiger partial charge on any atom is -0.452 e. The lowest BCUT2D eigenvalue weighted by Gasteiger charge is -2.12. The molecule has 0 bridgehead atoms. The summed E-state index contributed by atoms with van der Waals surface area (Å²) >= 11 is 0. The van der Waals surface area contributed by atoms with Crippen LogP contribution in [0.2, 0.25) is 0 Å². The molecule has 29 heavy (non-hydrogen) atoms. The number of carbonyl (C=O) groups excluding carboxylic acids is 2. The summed E-state index contributed by atoms with van der Waals surface area (Å²) in [6.45, 7) is 6.99. The number of hydrogen-bond acceptors (Lipinski definition) is 5. The number of sulfonamides is 1. The molecule has 0 heterocycles. The lowest BCUT2D eigenvalue weighted by Crippen LogP contribution is -2.32. The highest BCUT2D eigenvalue weighted by atomic mass is 32.2. The van der Waals surface area contributed by atoms with E-state index in [-0.39, 0.29) is 16.5 Å². The van der Waals surface area contributed by atoms with Gasteiger partial charge in [-0.05, 0) is 68.7 Å². The molecule has 2 aromatic carbocycles. The second kappa shape index (κ2) is 9.67. The zero-order valence-corrected chi connectivity index (χ0v) is 17.8. The van der Waals surface area contributed by atoms with Crippen LogP contribution in [0.15, 0.2) is 47.4 Å². The Morgan fingerprint density at radius 1 is 1.07 bits per heavy atom. The molecule has 156 valence electrons. The highest BCUT2D eigenvalue weighted by Gasteiger charge is 2.18. The number of anilines is 1. The van der Waals surface area contributed by atoms with E-state index in [1.807, 2.05) is 39.0 Å². The van der Waals surface area contributed by atoms with Crippen LogP contribution in [0, 0.1) is 13.8 Å². The van der Waals surface area contributed by atoms with E-state index in [0.29, 0.717) is 12.1 Å². The minimum atomic E-state index is -3.65. The Morgan fingerprint density at radius 3 is 2.34 bits per heavy atom. The number of carbonyl (C=O) groups is 2. The summed E-state index contributed by atoms with van der Waals surface area (Å²) in [5.41, 5.74) is 2.72. The van der Waals surface area contributed by atoms with Crippen LogP contribution in [0.1, 0.15) is 41.8 Å². The van der Waals surface area contributed by atoms with Gasteiger partial charge in [0.2, 0.25) is 10.0 Å². The first kappa shape index (κ1) is 22.6. The number of rotatable bonds is 8. The smallest absolute Gasteiger partial charge is 0.338 e. The van der Waals surface area contributed by atoms with Crippen LogP contribution in [-0.2, 0) is 19.6 Å². The molecular weight excluding hydrogens is 392 g/mol. The summed E-state index contributed by atoms with van der Waals surface area (Å²) in [5, 5.41) is 2.71. The van der Waals surface area contributed by atoms with Gasteiger partial charge in [-0.1, -0.05) is 19.1 Å². The molecule has 2 N–H and O–H groups in total.